The lowest BCUT2D eigenvalue weighted by molar-refractivity contribution is -0.128. The minimum atomic E-state index is -4.43. The summed E-state index contributed by atoms with van der Waals surface area (Å²) in [5, 5.41) is 6.68. The summed E-state index contributed by atoms with van der Waals surface area (Å²) in [6.45, 7) is 2.03. The van der Waals surface area contributed by atoms with Crippen molar-refractivity contribution in [3.8, 4) is 17.6 Å². The van der Waals surface area contributed by atoms with Crippen LogP contribution in [0.25, 0.3) is 5.65 Å². The van der Waals surface area contributed by atoms with Crippen LogP contribution in [0.15, 0.2) is 41.4 Å². The number of ether oxygens (including phenoxy) is 1. The number of likely N-dealkylation sites (tertiary alicyclic amines) is 1. The molecule has 2 N–H and O–H groups in total. The molecule has 2 aliphatic heterocycles. The Hall–Kier alpha value is -3.27. The third-order valence-electron chi connectivity index (χ3n) is 7.27. The number of fused-ring (bicyclic) bond motifs is 2. The summed E-state index contributed by atoms with van der Waals surface area (Å²) in [7, 11) is 0.101. The second kappa shape index (κ2) is 10.4. The van der Waals surface area contributed by atoms with Gasteiger partial charge in [0.25, 0.3) is 0 Å². The minimum Gasteiger partial charge on any atom is -0.495 e. The average molecular weight is 562 g/mol. The van der Waals surface area contributed by atoms with E-state index in [0.717, 1.165) is 31.3 Å². The number of alkyl halides is 3. The van der Waals surface area contributed by atoms with Crippen LogP contribution in [0.3, 0.4) is 0 Å². The van der Waals surface area contributed by atoms with E-state index in [1.165, 1.54) is 23.6 Å². The predicted octanol–water partition coefficient (Wildman–Crippen LogP) is 3.28. The van der Waals surface area contributed by atoms with Gasteiger partial charge in [-0.15, -0.1) is 0 Å². The number of aromatic nitrogens is 2. The highest BCUT2D eigenvalue weighted by Gasteiger charge is 2.40. The van der Waals surface area contributed by atoms with Gasteiger partial charge in [-0.25, -0.2) is 13.4 Å². The summed E-state index contributed by atoms with van der Waals surface area (Å²) in [6, 6.07) is 8.47. The van der Waals surface area contributed by atoms with Gasteiger partial charge in [0.05, 0.1) is 36.4 Å². The van der Waals surface area contributed by atoms with Crippen molar-refractivity contribution in [1.29, 1.82) is 0 Å². The molecule has 0 radical (unpaired) electrons. The van der Waals surface area contributed by atoms with Crippen molar-refractivity contribution >= 4 is 21.2 Å². The number of nitrogens with zero attached hydrogens (tertiary/aromatic N) is 3. The van der Waals surface area contributed by atoms with Crippen molar-refractivity contribution in [3.63, 3.8) is 0 Å². The van der Waals surface area contributed by atoms with E-state index in [2.05, 4.69) is 39.4 Å². The summed E-state index contributed by atoms with van der Waals surface area (Å²) in [4.78, 5) is 6.98. The van der Waals surface area contributed by atoms with Crippen molar-refractivity contribution in [2.45, 2.75) is 36.0 Å². The number of rotatable bonds is 6. The van der Waals surface area contributed by atoms with E-state index in [1.807, 2.05) is 6.07 Å². The highest BCUT2D eigenvalue weighted by molar-refractivity contribution is 7.90. The number of anilines is 1. The number of nitrogens with one attached hydrogen (secondary N) is 2. The third-order valence-corrected chi connectivity index (χ3v) is 8.39. The Bertz CT molecular complexity index is 1540. The SMILES string of the molecule is COc1cc(S(C)(=O)=O)ccc1NCC#Cc1nc2c([C@H]3C[C@H]4CN(C)C[C@H]4N3)cccn2c1CC(F)(F)F. The molecule has 0 amide bonds. The van der Waals surface area contributed by atoms with Crippen molar-refractivity contribution in [3.05, 3.63) is 53.5 Å². The Morgan fingerprint density at radius 1 is 1.26 bits per heavy atom. The zero-order chi connectivity index (χ0) is 27.9. The normalized spacial score (nSPS) is 21.5. The molecule has 2 aliphatic rings. The number of likely N-dealkylation sites (N-methyl/N-ethyl adjacent to an activating group) is 1. The van der Waals surface area contributed by atoms with Gasteiger partial charge in [-0.2, -0.15) is 13.2 Å². The molecule has 12 heteroatoms. The topological polar surface area (TPSA) is 88.0 Å². The molecule has 5 rings (SSSR count). The van der Waals surface area contributed by atoms with Crippen LogP contribution in [0.4, 0.5) is 18.9 Å². The van der Waals surface area contributed by atoms with Crippen LogP contribution < -0.4 is 15.4 Å². The molecule has 1 aromatic carbocycles. The van der Waals surface area contributed by atoms with Crippen molar-refractivity contribution < 1.29 is 26.3 Å². The number of hydrogen-bond donors (Lipinski definition) is 2. The zero-order valence-electron chi connectivity index (χ0n) is 21.8. The Balaban J connectivity index is 1.42. The highest BCUT2D eigenvalue weighted by atomic mass is 32.2. The second-order valence-corrected chi connectivity index (χ2v) is 12.2. The minimum absolute atomic E-state index is 0.000129. The molecule has 0 aliphatic carbocycles. The lowest BCUT2D eigenvalue weighted by Gasteiger charge is -2.17. The van der Waals surface area contributed by atoms with E-state index < -0.39 is 22.4 Å². The smallest absolute Gasteiger partial charge is 0.394 e. The first-order valence-corrected chi connectivity index (χ1v) is 14.4. The monoisotopic (exact) mass is 561 g/mol. The average Bonchev–Trinajstić information content (AvgIpc) is 3.51. The maximum Gasteiger partial charge on any atom is 0.394 e. The molecular weight excluding hydrogens is 531 g/mol. The molecule has 0 saturated carbocycles. The van der Waals surface area contributed by atoms with Crippen LogP contribution in [-0.4, -0.2) is 75.0 Å². The lowest BCUT2D eigenvalue weighted by Crippen LogP contribution is -2.30. The van der Waals surface area contributed by atoms with E-state index in [4.69, 9.17) is 4.74 Å². The van der Waals surface area contributed by atoms with Gasteiger partial charge in [0.15, 0.2) is 9.84 Å². The van der Waals surface area contributed by atoms with Crippen molar-refractivity contribution in [2.75, 3.05) is 45.4 Å². The molecule has 3 atom stereocenters. The van der Waals surface area contributed by atoms with Crippen LogP contribution in [0, 0.1) is 17.8 Å². The van der Waals surface area contributed by atoms with Crippen LogP contribution in [-0.2, 0) is 16.3 Å². The number of methoxy groups -OCH3 is 1. The molecule has 2 fully saturated rings. The molecular formula is C27H30F3N5O3S. The summed E-state index contributed by atoms with van der Waals surface area (Å²) in [5.74, 6) is 6.50. The number of halogens is 3. The van der Waals surface area contributed by atoms with Gasteiger partial charge in [0, 0.05) is 49.3 Å². The van der Waals surface area contributed by atoms with E-state index in [1.54, 1.807) is 18.3 Å². The van der Waals surface area contributed by atoms with Gasteiger partial charge < -0.3 is 24.7 Å². The van der Waals surface area contributed by atoms with Crippen LogP contribution in [0.5, 0.6) is 5.75 Å². The zero-order valence-corrected chi connectivity index (χ0v) is 22.7. The largest absolute Gasteiger partial charge is 0.495 e. The Kier molecular flexibility index (Phi) is 7.26. The van der Waals surface area contributed by atoms with Gasteiger partial charge in [-0.1, -0.05) is 12.0 Å². The molecule has 0 unspecified atom stereocenters. The van der Waals surface area contributed by atoms with E-state index in [-0.39, 0.29) is 28.9 Å². The Morgan fingerprint density at radius 2 is 2.05 bits per heavy atom. The molecule has 2 saturated heterocycles. The fraction of sp³-hybridized carbons (Fsp3) is 0.444. The quantitative estimate of drug-likeness (QED) is 0.447. The number of sulfone groups is 1. The summed E-state index contributed by atoms with van der Waals surface area (Å²) < 4.78 is 71.1. The van der Waals surface area contributed by atoms with Crippen LogP contribution >= 0.6 is 0 Å². The lowest BCUT2D eigenvalue weighted by atomic mass is 9.99. The second-order valence-electron chi connectivity index (χ2n) is 10.2. The van der Waals surface area contributed by atoms with Crippen molar-refractivity contribution in [2.24, 2.45) is 5.92 Å². The molecule has 39 heavy (non-hydrogen) atoms. The van der Waals surface area contributed by atoms with Crippen molar-refractivity contribution in [1.82, 2.24) is 19.6 Å². The predicted molar refractivity (Wildman–Crippen MR) is 142 cm³/mol. The summed E-state index contributed by atoms with van der Waals surface area (Å²) in [6.07, 6.45) is -1.96. The van der Waals surface area contributed by atoms with Crippen LogP contribution in [0.1, 0.15) is 29.4 Å². The molecule has 2 aromatic heterocycles. The van der Waals surface area contributed by atoms with E-state index in [9.17, 15) is 21.6 Å². The fourth-order valence-electron chi connectivity index (χ4n) is 5.54. The number of hydrogen-bond acceptors (Lipinski definition) is 7. The standard InChI is InChI=1S/C27H30F3N5O3S/c1-34-15-17-12-22(32-23(17)16-34)19-6-5-11-35-24(14-27(28,29)30)20(33-26(19)35)7-4-10-31-21-9-8-18(39(3,36)37)13-25(21)38-2/h5-6,8-9,11,13,17,22-23,31-32H,10,12,14-16H2,1-3H3/t17-,22+,23+/m0/s1. The van der Waals surface area contributed by atoms with Gasteiger partial charge in [0.2, 0.25) is 0 Å². The maximum atomic E-state index is 13.6. The first kappa shape index (κ1) is 27.3. The molecule has 4 heterocycles. The number of benzene rings is 1. The highest BCUT2D eigenvalue weighted by Crippen LogP contribution is 2.37. The first-order valence-electron chi connectivity index (χ1n) is 12.5. The summed E-state index contributed by atoms with van der Waals surface area (Å²) >= 11 is 0. The van der Waals surface area contributed by atoms with Gasteiger partial charge in [0.1, 0.15) is 17.1 Å². The van der Waals surface area contributed by atoms with E-state index >= 15 is 0 Å². The maximum absolute atomic E-state index is 13.6. The van der Waals surface area contributed by atoms with Gasteiger partial charge in [-0.05, 0) is 43.5 Å². The molecule has 8 nitrogen and oxygen atoms in total. The van der Waals surface area contributed by atoms with Gasteiger partial charge in [-0.3, -0.25) is 0 Å². The molecule has 3 aromatic rings. The Labute approximate surface area is 225 Å². The van der Waals surface area contributed by atoms with Gasteiger partial charge >= 0.3 is 6.18 Å². The number of imidazole rings is 1. The molecule has 0 bridgehead atoms. The molecule has 0 spiro atoms. The summed E-state index contributed by atoms with van der Waals surface area (Å²) in [5.41, 5.74) is 1.95. The first-order chi connectivity index (χ1) is 18.4. The van der Waals surface area contributed by atoms with E-state index in [0.29, 0.717) is 29.0 Å². The van der Waals surface area contributed by atoms with Crippen LogP contribution in [0.2, 0.25) is 0 Å². The molecule has 208 valence electrons. The Morgan fingerprint density at radius 3 is 2.74 bits per heavy atom. The fourth-order valence-corrected chi connectivity index (χ4v) is 6.18. The third kappa shape index (κ3) is 5.85. The number of pyridine rings is 1.